The van der Waals surface area contributed by atoms with E-state index in [1.165, 1.54) is 28.9 Å². The first kappa shape index (κ1) is 24.7. The van der Waals surface area contributed by atoms with Crippen LogP contribution >= 0.6 is 35.3 Å². The summed E-state index contributed by atoms with van der Waals surface area (Å²) in [6.07, 6.45) is -2.84. The van der Waals surface area contributed by atoms with Crippen LogP contribution in [0.15, 0.2) is 29.5 Å². The minimum atomic E-state index is -4.85. The summed E-state index contributed by atoms with van der Waals surface area (Å²) in [7, 11) is 1.42. The van der Waals surface area contributed by atoms with Crippen molar-refractivity contribution in [3.05, 3.63) is 40.1 Å². The monoisotopic (exact) mass is 531 g/mol. The van der Waals surface area contributed by atoms with Gasteiger partial charge in [0.2, 0.25) is 5.60 Å². The Bertz CT molecular complexity index is 777. The van der Waals surface area contributed by atoms with Gasteiger partial charge in [-0.3, -0.25) is 0 Å². The first-order chi connectivity index (χ1) is 12.7. The molecule has 1 unspecified atom stereocenters. The van der Waals surface area contributed by atoms with E-state index in [4.69, 9.17) is 0 Å². The summed E-state index contributed by atoms with van der Waals surface area (Å²) in [6.45, 7) is 4.73. The zero-order valence-corrected chi connectivity index (χ0v) is 19.0. The van der Waals surface area contributed by atoms with Crippen molar-refractivity contribution in [1.82, 2.24) is 20.2 Å². The van der Waals surface area contributed by atoms with Crippen molar-refractivity contribution < 1.29 is 18.3 Å². The molecule has 2 aromatic heterocycles. The SMILES string of the molecule is CCNC(=NCc1ccc(C)s1)NCCC(O)(c1nccn1C)C(F)(F)F.I. The minimum absolute atomic E-state index is 0. The first-order valence-electron chi connectivity index (χ1n) is 8.51. The van der Waals surface area contributed by atoms with Crippen molar-refractivity contribution in [1.29, 1.82) is 0 Å². The minimum Gasteiger partial charge on any atom is -0.374 e. The van der Waals surface area contributed by atoms with Gasteiger partial charge in [0.25, 0.3) is 0 Å². The molecule has 0 aromatic carbocycles. The summed E-state index contributed by atoms with van der Waals surface area (Å²) in [5, 5.41) is 16.2. The number of guanidine groups is 1. The Morgan fingerprint density at radius 3 is 2.54 bits per heavy atom. The van der Waals surface area contributed by atoms with Crippen molar-refractivity contribution in [2.75, 3.05) is 13.1 Å². The zero-order chi connectivity index (χ0) is 20.1. The number of hydrogen-bond acceptors (Lipinski definition) is 4. The van der Waals surface area contributed by atoms with Crippen molar-refractivity contribution in [3.63, 3.8) is 0 Å². The molecule has 0 spiro atoms. The number of aliphatic hydroxyl groups is 1. The third-order valence-electron chi connectivity index (χ3n) is 3.97. The number of nitrogens with one attached hydrogen (secondary N) is 2. The molecule has 2 aromatic rings. The molecule has 2 rings (SSSR count). The van der Waals surface area contributed by atoms with Gasteiger partial charge in [-0.25, -0.2) is 9.98 Å². The predicted molar refractivity (Wildman–Crippen MR) is 115 cm³/mol. The van der Waals surface area contributed by atoms with E-state index < -0.39 is 24.0 Å². The third kappa shape index (κ3) is 6.08. The summed E-state index contributed by atoms with van der Waals surface area (Å²) < 4.78 is 41.7. The molecule has 0 aliphatic rings. The average Bonchev–Trinajstić information content (AvgIpc) is 3.19. The van der Waals surface area contributed by atoms with Crippen LogP contribution in [0.3, 0.4) is 0 Å². The Morgan fingerprint density at radius 1 is 1.32 bits per heavy atom. The highest BCUT2D eigenvalue weighted by atomic mass is 127. The topological polar surface area (TPSA) is 74.5 Å². The maximum Gasteiger partial charge on any atom is 0.424 e. The Balaban J connectivity index is 0.00000392. The molecule has 0 saturated heterocycles. The lowest BCUT2D eigenvalue weighted by molar-refractivity contribution is -0.272. The molecule has 0 saturated carbocycles. The number of aryl methyl sites for hydroxylation is 2. The van der Waals surface area contributed by atoms with Gasteiger partial charge >= 0.3 is 6.18 Å². The van der Waals surface area contributed by atoms with Crippen LogP contribution in [0.4, 0.5) is 13.2 Å². The van der Waals surface area contributed by atoms with E-state index >= 15 is 0 Å². The van der Waals surface area contributed by atoms with Crippen LogP contribution in [0.2, 0.25) is 0 Å². The fourth-order valence-electron chi connectivity index (χ4n) is 2.58. The van der Waals surface area contributed by atoms with Crippen molar-refractivity contribution in [2.24, 2.45) is 12.0 Å². The molecule has 3 N–H and O–H groups in total. The molecule has 2 heterocycles. The number of rotatable bonds is 7. The molecular weight excluding hydrogens is 506 g/mol. The lowest BCUT2D eigenvalue weighted by Crippen LogP contribution is -2.47. The van der Waals surface area contributed by atoms with Crippen LogP contribution in [0, 0.1) is 6.92 Å². The van der Waals surface area contributed by atoms with Crippen LogP contribution in [-0.2, 0) is 19.2 Å². The lowest BCUT2D eigenvalue weighted by atomic mass is 9.97. The molecule has 28 heavy (non-hydrogen) atoms. The standard InChI is InChI=1S/C17H24F3N5OS.HI/c1-4-21-15(24-11-13-6-5-12(2)27-13)23-8-7-16(26,17(18,19)20)14-22-9-10-25(14)3;/h5-6,9-10,26H,4,7-8,11H2,1-3H3,(H2,21,23,24);1H. The molecule has 11 heteroatoms. The molecule has 0 bridgehead atoms. The number of nitrogens with zero attached hydrogens (tertiary/aromatic N) is 3. The maximum absolute atomic E-state index is 13.5. The van der Waals surface area contributed by atoms with Gasteiger partial charge in [0.15, 0.2) is 5.96 Å². The second kappa shape index (κ2) is 10.4. The van der Waals surface area contributed by atoms with Gasteiger partial charge in [-0.05, 0) is 26.0 Å². The largest absolute Gasteiger partial charge is 0.424 e. The summed E-state index contributed by atoms with van der Waals surface area (Å²) in [5.41, 5.74) is -3.04. The Labute approximate surface area is 183 Å². The van der Waals surface area contributed by atoms with Gasteiger partial charge in [-0.1, -0.05) is 0 Å². The molecular formula is C17H25F3IN5OS. The number of imidazole rings is 1. The van der Waals surface area contributed by atoms with Crippen LogP contribution in [-0.4, -0.2) is 39.9 Å². The molecule has 158 valence electrons. The summed E-state index contributed by atoms with van der Waals surface area (Å²) in [4.78, 5) is 10.3. The fourth-order valence-corrected chi connectivity index (χ4v) is 3.39. The number of thiophene rings is 1. The molecule has 0 radical (unpaired) electrons. The van der Waals surface area contributed by atoms with E-state index in [1.54, 1.807) is 11.3 Å². The lowest BCUT2D eigenvalue weighted by Gasteiger charge is -2.30. The molecule has 0 fully saturated rings. The second-order valence-electron chi connectivity index (χ2n) is 6.10. The Kier molecular flexibility index (Phi) is 9.21. The number of alkyl halides is 3. The molecule has 0 aliphatic carbocycles. The summed E-state index contributed by atoms with van der Waals surface area (Å²) in [6, 6.07) is 3.96. The van der Waals surface area contributed by atoms with Crippen molar-refractivity contribution >= 4 is 41.3 Å². The number of halogens is 4. The van der Waals surface area contributed by atoms with Crippen LogP contribution < -0.4 is 10.6 Å². The predicted octanol–water partition coefficient (Wildman–Crippen LogP) is 3.30. The van der Waals surface area contributed by atoms with Crippen molar-refractivity contribution in [2.45, 2.75) is 38.6 Å². The third-order valence-corrected chi connectivity index (χ3v) is 4.96. The highest BCUT2D eigenvalue weighted by Gasteiger charge is 2.57. The first-order valence-corrected chi connectivity index (χ1v) is 9.33. The normalized spacial score (nSPS) is 14.3. The van der Waals surface area contributed by atoms with Crippen LogP contribution in [0.25, 0.3) is 0 Å². The molecule has 0 aliphatic heterocycles. The Hall–Kier alpha value is -1.34. The molecule has 6 nitrogen and oxygen atoms in total. The van der Waals surface area contributed by atoms with Gasteiger partial charge in [-0.15, -0.1) is 35.3 Å². The van der Waals surface area contributed by atoms with E-state index in [0.717, 1.165) is 4.88 Å². The van der Waals surface area contributed by atoms with Gasteiger partial charge < -0.3 is 20.3 Å². The summed E-state index contributed by atoms with van der Waals surface area (Å²) >= 11 is 1.62. The molecule has 0 amide bonds. The maximum atomic E-state index is 13.5. The van der Waals surface area contributed by atoms with Crippen molar-refractivity contribution in [3.8, 4) is 0 Å². The van der Waals surface area contributed by atoms with Gasteiger partial charge in [-0.2, -0.15) is 13.2 Å². The molecule has 1 atom stereocenters. The van der Waals surface area contributed by atoms with E-state index in [1.807, 2.05) is 26.0 Å². The van der Waals surface area contributed by atoms with E-state index in [-0.39, 0.29) is 30.5 Å². The number of aliphatic imine (C=N–C) groups is 1. The smallest absolute Gasteiger partial charge is 0.374 e. The average molecular weight is 531 g/mol. The van der Waals surface area contributed by atoms with Gasteiger partial charge in [0, 0.05) is 48.7 Å². The van der Waals surface area contributed by atoms with Crippen LogP contribution in [0.5, 0.6) is 0 Å². The quantitative estimate of drug-likeness (QED) is 0.291. The highest BCUT2D eigenvalue weighted by molar-refractivity contribution is 14.0. The fraction of sp³-hybridized carbons (Fsp3) is 0.529. The zero-order valence-electron chi connectivity index (χ0n) is 15.9. The number of hydrogen-bond donors (Lipinski definition) is 3. The van der Waals surface area contributed by atoms with E-state index in [0.29, 0.717) is 19.0 Å². The Morgan fingerprint density at radius 2 is 2.04 bits per heavy atom. The van der Waals surface area contributed by atoms with E-state index in [2.05, 4.69) is 20.6 Å². The van der Waals surface area contributed by atoms with E-state index in [9.17, 15) is 18.3 Å². The number of aromatic nitrogens is 2. The summed E-state index contributed by atoms with van der Waals surface area (Å²) in [5.74, 6) is -0.0410. The van der Waals surface area contributed by atoms with Crippen LogP contribution in [0.1, 0.15) is 28.9 Å². The second-order valence-corrected chi connectivity index (χ2v) is 7.48. The highest BCUT2D eigenvalue weighted by Crippen LogP contribution is 2.40. The van der Waals surface area contributed by atoms with Gasteiger partial charge in [0.05, 0.1) is 6.54 Å². The van der Waals surface area contributed by atoms with Gasteiger partial charge in [0.1, 0.15) is 5.82 Å².